The van der Waals surface area contributed by atoms with E-state index in [-0.39, 0.29) is 5.91 Å². The molecular formula is C14H23N3O2. The number of nitrogen functional groups attached to an aromatic ring is 1. The van der Waals surface area contributed by atoms with Crippen molar-refractivity contribution in [1.82, 2.24) is 4.90 Å². The van der Waals surface area contributed by atoms with Crippen molar-refractivity contribution in [3.63, 3.8) is 0 Å². The topological polar surface area (TPSA) is 67.6 Å². The zero-order valence-corrected chi connectivity index (χ0v) is 11.7. The van der Waals surface area contributed by atoms with Gasteiger partial charge in [0.05, 0.1) is 6.61 Å². The highest BCUT2D eigenvalue weighted by Gasteiger charge is 2.06. The molecule has 5 heteroatoms. The third kappa shape index (κ3) is 6.22. The number of amides is 1. The van der Waals surface area contributed by atoms with Crippen LogP contribution in [0.25, 0.3) is 0 Å². The summed E-state index contributed by atoms with van der Waals surface area (Å²) in [5.41, 5.74) is 7.06. The molecule has 0 saturated heterocycles. The first-order chi connectivity index (χ1) is 9.15. The van der Waals surface area contributed by atoms with Gasteiger partial charge in [-0.3, -0.25) is 4.79 Å². The first-order valence-electron chi connectivity index (χ1n) is 6.52. The number of likely N-dealkylation sites (N-methyl/N-ethyl adjacent to an activating group) is 1. The lowest BCUT2D eigenvalue weighted by Crippen LogP contribution is -2.30. The fourth-order valence-electron chi connectivity index (χ4n) is 1.70. The van der Waals surface area contributed by atoms with Crippen LogP contribution in [0.15, 0.2) is 24.3 Å². The third-order valence-corrected chi connectivity index (χ3v) is 2.91. The highest BCUT2D eigenvalue weighted by Crippen LogP contribution is 2.10. The van der Waals surface area contributed by atoms with Gasteiger partial charge in [0.15, 0.2) is 0 Å². The number of carbonyl (C=O) groups excluding carboxylic acids is 1. The predicted molar refractivity (Wildman–Crippen MR) is 78.1 cm³/mol. The van der Waals surface area contributed by atoms with E-state index in [0.717, 1.165) is 25.3 Å². The lowest BCUT2D eigenvalue weighted by molar-refractivity contribution is -0.116. The summed E-state index contributed by atoms with van der Waals surface area (Å²) in [4.78, 5) is 14.0. The van der Waals surface area contributed by atoms with Gasteiger partial charge in [0.2, 0.25) is 5.91 Å². The van der Waals surface area contributed by atoms with Gasteiger partial charge >= 0.3 is 0 Å². The Morgan fingerprint density at radius 1 is 1.32 bits per heavy atom. The molecule has 0 aliphatic rings. The minimum atomic E-state index is 0.0145. The van der Waals surface area contributed by atoms with Crippen LogP contribution < -0.4 is 11.1 Å². The van der Waals surface area contributed by atoms with Gasteiger partial charge in [0.25, 0.3) is 0 Å². The molecule has 1 aromatic rings. The number of hydrogen-bond acceptors (Lipinski definition) is 4. The molecule has 1 aromatic carbocycles. The highest BCUT2D eigenvalue weighted by molar-refractivity contribution is 5.90. The number of carbonyl (C=O) groups is 1. The second kappa shape index (κ2) is 8.50. The second-order valence-electron chi connectivity index (χ2n) is 4.35. The van der Waals surface area contributed by atoms with E-state index in [0.29, 0.717) is 18.7 Å². The monoisotopic (exact) mass is 265 g/mol. The average Bonchev–Trinajstić information content (AvgIpc) is 2.42. The molecule has 0 heterocycles. The Morgan fingerprint density at radius 3 is 2.58 bits per heavy atom. The molecular weight excluding hydrogens is 242 g/mol. The number of nitrogens with two attached hydrogens (primary N) is 1. The molecule has 0 atom stereocenters. The molecule has 0 aromatic heterocycles. The fourth-order valence-corrected chi connectivity index (χ4v) is 1.70. The summed E-state index contributed by atoms with van der Waals surface area (Å²) in [7, 11) is 1.68. The van der Waals surface area contributed by atoms with E-state index in [1.165, 1.54) is 0 Å². The smallest absolute Gasteiger partial charge is 0.225 e. The highest BCUT2D eigenvalue weighted by atomic mass is 16.5. The van der Waals surface area contributed by atoms with Crippen LogP contribution in [0.2, 0.25) is 0 Å². The van der Waals surface area contributed by atoms with Gasteiger partial charge in [-0.15, -0.1) is 0 Å². The summed E-state index contributed by atoms with van der Waals surface area (Å²) < 4.78 is 5.03. The lowest BCUT2D eigenvalue weighted by Gasteiger charge is -2.19. The van der Waals surface area contributed by atoms with Gasteiger partial charge in [-0.05, 0) is 30.8 Å². The first-order valence-corrected chi connectivity index (χ1v) is 6.52. The van der Waals surface area contributed by atoms with Gasteiger partial charge < -0.3 is 20.7 Å². The fraction of sp³-hybridized carbons (Fsp3) is 0.500. The van der Waals surface area contributed by atoms with E-state index in [1.54, 1.807) is 31.4 Å². The molecule has 0 unspecified atom stereocenters. The van der Waals surface area contributed by atoms with Crippen LogP contribution in [0.5, 0.6) is 0 Å². The Bertz CT molecular complexity index is 379. The van der Waals surface area contributed by atoms with Gasteiger partial charge in [0.1, 0.15) is 0 Å². The molecule has 0 aliphatic heterocycles. The molecule has 5 nitrogen and oxygen atoms in total. The van der Waals surface area contributed by atoms with Crippen LogP contribution >= 0.6 is 0 Å². The van der Waals surface area contributed by atoms with Gasteiger partial charge in [-0.2, -0.15) is 0 Å². The maximum Gasteiger partial charge on any atom is 0.225 e. The van der Waals surface area contributed by atoms with Crippen LogP contribution in [0, 0.1) is 0 Å². The number of hydrogen-bond donors (Lipinski definition) is 2. The number of benzene rings is 1. The molecule has 0 aliphatic carbocycles. The molecule has 0 saturated carbocycles. The summed E-state index contributed by atoms with van der Waals surface area (Å²) in [6.07, 6.45) is 0.474. The molecule has 106 valence electrons. The van der Waals surface area contributed by atoms with Crippen LogP contribution in [-0.4, -0.2) is 44.2 Å². The zero-order chi connectivity index (χ0) is 14.1. The number of anilines is 2. The summed E-state index contributed by atoms with van der Waals surface area (Å²) in [5, 5.41) is 2.85. The summed E-state index contributed by atoms with van der Waals surface area (Å²) in [6.45, 7) is 5.27. The quantitative estimate of drug-likeness (QED) is 0.700. The molecule has 3 N–H and O–H groups in total. The number of methoxy groups -OCH3 is 1. The van der Waals surface area contributed by atoms with Crippen LogP contribution in [0.3, 0.4) is 0 Å². The number of nitrogens with one attached hydrogen (secondary N) is 1. The second-order valence-corrected chi connectivity index (χ2v) is 4.35. The summed E-state index contributed by atoms with van der Waals surface area (Å²) >= 11 is 0. The average molecular weight is 265 g/mol. The van der Waals surface area contributed by atoms with E-state index in [9.17, 15) is 4.79 Å². The van der Waals surface area contributed by atoms with Crippen molar-refractivity contribution in [3.05, 3.63) is 24.3 Å². The minimum absolute atomic E-state index is 0.0145. The van der Waals surface area contributed by atoms with E-state index in [1.807, 2.05) is 0 Å². The maximum absolute atomic E-state index is 11.8. The van der Waals surface area contributed by atoms with Crippen molar-refractivity contribution in [2.45, 2.75) is 13.3 Å². The summed E-state index contributed by atoms with van der Waals surface area (Å²) in [5.74, 6) is 0.0145. The molecule has 0 spiro atoms. The molecule has 1 rings (SSSR count). The first kappa shape index (κ1) is 15.5. The van der Waals surface area contributed by atoms with Crippen LogP contribution in [0.4, 0.5) is 11.4 Å². The number of ether oxygens (including phenoxy) is 1. The molecule has 0 radical (unpaired) electrons. The Morgan fingerprint density at radius 2 is 2.00 bits per heavy atom. The Kier molecular flexibility index (Phi) is 6.92. The minimum Gasteiger partial charge on any atom is -0.399 e. The van der Waals surface area contributed by atoms with Crippen molar-refractivity contribution >= 4 is 17.3 Å². The molecule has 1 amide bonds. The Labute approximate surface area is 114 Å². The SMILES string of the molecule is CCN(CCOC)CCC(=O)Nc1ccc(N)cc1. The standard InChI is InChI=1S/C14H23N3O2/c1-3-17(10-11-19-2)9-8-14(18)16-13-6-4-12(15)5-7-13/h4-7H,3,8-11,15H2,1-2H3,(H,16,18). The summed E-state index contributed by atoms with van der Waals surface area (Å²) in [6, 6.07) is 7.14. The number of nitrogens with zero attached hydrogens (tertiary/aromatic N) is 1. The molecule has 0 bridgehead atoms. The van der Waals surface area contributed by atoms with E-state index in [4.69, 9.17) is 10.5 Å². The van der Waals surface area contributed by atoms with E-state index in [2.05, 4.69) is 17.1 Å². The van der Waals surface area contributed by atoms with Crippen molar-refractivity contribution < 1.29 is 9.53 Å². The third-order valence-electron chi connectivity index (χ3n) is 2.91. The lowest BCUT2D eigenvalue weighted by atomic mass is 10.2. The molecule has 0 fully saturated rings. The van der Waals surface area contributed by atoms with Crippen molar-refractivity contribution in [2.75, 3.05) is 44.4 Å². The number of rotatable bonds is 8. The van der Waals surface area contributed by atoms with Gasteiger partial charge in [0, 0.05) is 38.0 Å². The normalized spacial score (nSPS) is 10.7. The Hall–Kier alpha value is -1.59. The van der Waals surface area contributed by atoms with Crippen molar-refractivity contribution in [2.24, 2.45) is 0 Å². The van der Waals surface area contributed by atoms with Crippen LogP contribution in [0.1, 0.15) is 13.3 Å². The molecule has 19 heavy (non-hydrogen) atoms. The Balaban J connectivity index is 2.32. The largest absolute Gasteiger partial charge is 0.399 e. The predicted octanol–water partition coefficient (Wildman–Crippen LogP) is 1.57. The van der Waals surface area contributed by atoms with Crippen LogP contribution in [-0.2, 0) is 9.53 Å². The van der Waals surface area contributed by atoms with Gasteiger partial charge in [-0.1, -0.05) is 6.92 Å². The van der Waals surface area contributed by atoms with E-state index < -0.39 is 0 Å². The van der Waals surface area contributed by atoms with E-state index >= 15 is 0 Å². The zero-order valence-electron chi connectivity index (χ0n) is 11.7. The van der Waals surface area contributed by atoms with Crippen molar-refractivity contribution in [3.8, 4) is 0 Å². The van der Waals surface area contributed by atoms with Crippen molar-refractivity contribution in [1.29, 1.82) is 0 Å². The van der Waals surface area contributed by atoms with Gasteiger partial charge in [-0.25, -0.2) is 0 Å². The maximum atomic E-state index is 11.8.